The van der Waals surface area contributed by atoms with E-state index in [0.717, 1.165) is 28.1 Å². The third-order valence-electron chi connectivity index (χ3n) is 4.46. The van der Waals surface area contributed by atoms with Crippen molar-refractivity contribution in [2.75, 3.05) is 26.1 Å². The monoisotopic (exact) mass is 358 g/mol. The Morgan fingerprint density at radius 1 is 1.16 bits per heavy atom. The number of methoxy groups -OCH3 is 2. The van der Waals surface area contributed by atoms with Crippen LogP contribution in [-0.2, 0) is 6.54 Å². The largest absolute Gasteiger partial charge is 0.496 e. The molecule has 0 unspecified atom stereocenters. The van der Waals surface area contributed by atoms with Crippen molar-refractivity contribution in [1.29, 1.82) is 0 Å². The molecule has 6 heteroatoms. The summed E-state index contributed by atoms with van der Waals surface area (Å²) in [4.78, 5) is 1.94. The number of anilines is 1. The molecule has 1 aliphatic heterocycles. The SMILES string of the molecule is COc1ccc(OC)c2c1CN(C(=S)Nc1ccccc1C)C[C@H]2O. The molecule has 0 aromatic heterocycles. The molecule has 2 N–H and O–H groups in total. The molecule has 0 saturated heterocycles. The molecule has 1 atom stereocenters. The number of aryl methyl sites for hydroxylation is 1. The average Bonchev–Trinajstić information content (AvgIpc) is 2.62. The molecule has 2 aromatic rings. The van der Waals surface area contributed by atoms with Crippen LogP contribution in [0.25, 0.3) is 0 Å². The Kier molecular flexibility index (Phi) is 5.11. The van der Waals surface area contributed by atoms with Crippen molar-refractivity contribution in [2.24, 2.45) is 0 Å². The lowest BCUT2D eigenvalue weighted by Crippen LogP contribution is -2.41. The lowest BCUT2D eigenvalue weighted by molar-refractivity contribution is 0.123. The van der Waals surface area contributed by atoms with Gasteiger partial charge in [-0.1, -0.05) is 18.2 Å². The number of benzene rings is 2. The minimum Gasteiger partial charge on any atom is -0.496 e. The maximum atomic E-state index is 10.7. The molecule has 0 radical (unpaired) electrons. The van der Waals surface area contributed by atoms with E-state index < -0.39 is 6.10 Å². The Labute approximate surface area is 153 Å². The quantitative estimate of drug-likeness (QED) is 0.822. The van der Waals surface area contributed by atoms with E-state index in [1.54, 1.807) is 14.2 Å². The van der Waals surface area contributed by atoms with E-state index in [9.17, 15) is 5.11 Å². The van der Waals surface area contributed by atoms with Gasteiger partial charge in [-0.15, -0.1) is 0 Å². The minimum atomic E-state index is -0.703. The van der Waals surface area contributed by atoms with Crippen LogP contribution >= 0.6 is 12.2 Å². The molecule has 0 amide bonds. The summed E-state index contributed by atoms with van der Waals surface area (Å²) >= 11 is 5.57. The molecule has 25 heavy (non-hydrogen) atoms. The summed E-state index contributed by atoms with van der Waals surface area (Å²) in [6.07, 6.45) is -0.703. The van der Waals surface area contributed by atoms with Crippen molar-refractivity contribution >= 4 is 23.0 Å². The standard InChI is InChI=1S/C19H22N2O3S/c1-12-6-4-5-7-14(12)20-19(25)21-10-13-16(23-2)8-9-17(24-3)18(13)15(22)11-21/h4-9,15,22H,10-11H2,1-3H3,(H,20,25)/t15-/m1/s1. The second kappa shape index (κ2) is 7.29. The lowest BCUT2D eigenvalue weighted by atomic mass is 9.95. The second-order valence-electron chi connectivity index (χ2n) is 6.00. The van der Waals surface area contributed by atoms with Gasteiger partial charge in [0.15, 0.2) is 5.11 Å². The molecule has 0 spiro atoms. The van der Waals surface area contributed by atoms with Gasteiger partial charge < -0.3 is 24.8 Å². The first-order valence-corrected chi connectivity index (χ1v) is 8.49. The Hall–Kier alpha value is -2.31. The van der Waals surface area contributed by atoms with E-state index in [1.165, 1.54) is 0 Å². The summed E-state index contributed by atoms with van der Waals surface area (Å²) in [5.41, 5.74) is 3.75. The van der Waals surface area contributed by atoms with Gasteiger partial charge in [-0.3, -0.25) is 0 Å². The molecule has 5 nitrogen and oxygen atoms in total. The maximum Gasteiger partial charge on any atom is 0.173 e. The summed E-state index contributed by atoms with van der Waals surface area (Å²) in [6.45, 7) is 2.97. The number of thiocarbonyl (C=S) groups is 1. The van der Waals surface area contributed by atoms with Gasteiger partial charge in [-0.05, 0) is 42.9 Å². The zero-order chi connectivity index (χ0) is 18.0. The van der Waals surface area contributed by atoms with Gasteiger partial charge >= 0.3 is 0 Å². The second-order valence-corrected chi connectivity index (χ2v) is 6.39. The van der Waals surface area contributed by atoms with Gasteiger partial charge in [0.1, 0.15) is 17.6 Å². The smallest absolute Gasteiger partial charge is 0.173 e. The van der Waals surface area contributed by atoms with Crippen LogP contribution in [0, 0.1) is 6.92 Å². The summed E-state index contributed by atoms with van der Waals surface area (Å²) in [5.74, 6) is 1.39. The first-order chi connectivity index (χ1) is 12.0. The third kappa shape index (κ3) is 3.41. The third-order valence-corrected chi connectivity index (χ3v) is 4.82. The van der Waals surface area contributed by atoms with Crippen LogP contribution in [0.5, 0.6) is 11.5 Å². The van der Waals surface area contributed by atoms with Gasteiger partial charge in [0.2, 0.25) is 0 Å². The number of fused-ring (bicyclic) bond motifs is 1. The molecule has 1 heterocycles. The number of β-amino-alcohol motifs (C(OH)–C–C–N with tert-alkyl or cyclic N) is 1. The van der Waals surface area contributed by atoms with Crippen LogP contribution in [0.1, 0.15) is 22.8 Å². The van der Waals surface area contributed by atoms with Crippen molar-refractivity contribution < 1.29 is 14.6 Å². The summed E-state index contributed by atoms with van der Waals surface area (Å²) < 4.78 is 10.9. The van der Waals surface area contributed by atoms with Crippen LogP contribution in [0.2, 0.25) is 0 Å². The van der Waals surface area contributed by atoms with E-state index in [0.29, 0.717) is 24.0 Å². The van der Waals surface area contributed by atoms with E-state index in [2.05, 4.69) is 5.32 Å². The van der Waals surface area contributed by atoms with Crippen molar-refractivity contribution in [3.05, 3.63) is 53.1 Å². The highest BCUT2D eigenvalue weighted by Gasteiger charge is 2.30. The fraction of sp³-hybridized carbons (Fsp3) is 0.316. The molecule has 0 bridgehead atoms. The Morgan fingerprint density at radius 2 is 1.84 bits per heavy atom. The highest BCUT2D eigenvalue weighted by Crippen LogP contribution is 2.39. The Balaban J connectivity index is 1.88. The number of nitrogens with zero attached hydrogens (tertiary/aromatic N) is 1. The van der Waals surface area contributed by atoms with Crippen molar-refractivity contribution in [3.63, 3.8) is 0 Å². The van der Waals surface area contributed by atoms with E-state index in [-0.39, 0.29) is 0 Å². The fourth-order valence-corrected chi connectivity index (χ4v) is 3.39. The summed E-state index contributed by atoms with van der Waals surface area (Å²) in [7, 11) is 3.23. The number of hydrogen-bond donors (Lipinski definition) is 2. The van der Waals surface area contributed by atoms with Crippen molar-refractivity contribution in [3.8, 4) is 11.5 Å². The molecule has 1 aliphatic rings. The van der Waals surface area contributed by atoms with Crippen LogP contribution < -0.4 is 14.8 Å². The number of aliphatic hydroxyl groups is 1. The van der Waals surface area contributed by atoms with Gasteiger partial charge in [-0.2, -0.15) is 0 Å². The highest BCUT2D eigenvalue weighted by molar-refractivity contribution is 7.80. The van der Waals surface area contributed by atoms with Crippen LogP contribution in [0.3, 0.4) is 0 Å². The minimum absolute atomic E-state index is 0.397. The van der Waals surface area contributed by atoms with Crippen molar-refractivity contribution in [1.82, 2.24) is 4.90 Å². The highest BCUT2D eigenvalue weighted by atomic mass is 32.1. The number of para-hydroxylation sites is 1. The zero-order valence-electron chi connectivity index (χ0n) is 14.6. The van der Waals surface area contributed by atoms with Crippen LogP contribution in [0.4, 0.5) is 5.69 Å². The molecule has 3 rings (SSSR count). The summed E-state index contributed by atoms with van der Waals surface area (Å²) in [6, 6.07) is 11.6. The molecule has 0 saturated carbocycles. The van der Waals surface area contributed by atoms with Gasteiger partial charge in [0.05, 0.1) is 20.8 Å². The number of rotatable bonds is 3. The van der Waals surface area contributed by atoms with Crippen LogP contribution in [0.15, 0.2) is 36.4 Å². The van der Waals surface area contributed by atoms with E-state index in [4.69, 9.17) is 21.7 Å². The van der Waals surface area contributed by atoms with Crippen LogP contribution in [-0.4, -0.2) is 35.9 Å². The number of ether oxygens (including phenoxy) is 2. The molecule has 0 aliphatic carbocycles. The van der Waals surface area contributed by atoms with Gasteiger partial charge in [0, 0.05) is 23.4 Å². The number of hydrogen-bond acceptors (Lipinski definition) is 4. The Bertz CT molecular complexity index is 794. The van der Waals surface area contributed by atoms with Crippen molar-refractivity contribution in [2.45, 2.75) is 19.6 Å². The predicted molar refractivity (Wildman–Crippen MR) is 102 cm³/mol. The zero-order valence-corrected chi connectivity index (χ0v) is 15.4. The van der Waals surface area contributed by atoms with Gasteiger partial charge in [0.25, 0.3) is 0 Å². The molecule has 0 fully saturated rings. The summed E-state index contributed by atoms with van der Waals surface area (Å²) in [5, 5.41) is 14.5. The Morgan fingerprint density at radius 3 is 2.52 bits per heavy atom. The topological polar surface area (TPSA) is 54.0 Å². The normalized spacial score (nSPS) is 16.2. The number of nitrogens with one attached hydrogen (secondary N) is 1. The molecular weight excluding hydrogens is 336 g/mol. The lowest BCUT2D eigenvalue weighted by Gasteiger charge is -2.35. The number of aliphatic hydroxyl groups excluding tert-OH is 1. The first-order valence-electron chi connectivity index (χ1n) is 8.08. The maximum absolute atomic E-state index is 10.7. The molecule has 132 valence electrons. The van der Waals surface area contributed by atoms with Gasteiger partial charge in [-0.25, -0.2) is 0 Å². The molecule has 2 aromatic carbocycles. The van der Waals surface area contributed by atoms with E-state index >= 15 is 0 Å². The predicted octanol–water partition coefficient (Wildman–Crippen LogP) is 3.26. The first kappa shape index (κ1) is 17.5. The average molecular weight is 358 g/mol. The molecular formula is C19H22N2O3S. The fourth-order valence-electron chi connectivity index (χ4n) is 3.14. The van der Waals surface area contributed by atoms with E-state index in [1.807, 2.05) is 48.2 Å².